The van der Waals surface area contributed by atoms with E-state index in [9.17, 15) is 13.2 Å². The fourth-order valence-corrected chi connectivity index (χ4v) is 4.51. The van der Waals surface area contributed by atoms with E-state index < -0.39 is 10.0 Å². The Morgan fingerprint density at radius 2 is 1.79 bits per heavy atom. The number of amides is 1. The molecule has 8 heteroatoms. The number of hydrogen-bond donors (Lipinski definition) is 1. The maximum absolute atomic E-state index is 12.8. The van der Waals surface area contributed by atoms with Gasteiger partial charge in [-0.15, -0.1) is 0 Å². The van der Waals surface area contributed by atoms with E-state index in [2.05, 4.69) is 17.1 Å². The van der Waals surface area contributed by atoms with E-state index in [0.717, 1.165) is 19.6 Å². The van der Waals surface area contributed by atoms with Crippen LogP contribution in [0.15, 0.2) is 53.4 Å². The monoisotopic (exact) mass is 398 g/mol. The highest BCUT2D eigenvalue weighted by Crippen LogP contribution is 2.19. The number of sulfonamides is 1. The lowest BCUT2D eigenvalue weighted by molar-refractivity contribution is 0.102. The number of likely N-dealkylation sites (N-methyl/N-ethyl adjacent to an activating group) is 1. The SMILES string of the molecule is CCN1CCN(S(=O)(=O)c2ccc(C(=O)Nc3cccc(C#N)c3)cc2)CC1. The average Bonchev–Trinajstić information content (AvgIpc) is 2.74. The number of nitrogens with zero attached hydrogens (tertiary/aromatic N) is 3. The van der Waals surface area contributed by atoms with Crippen molar-refractivity contribution in [3.8, 4) is 6.07 Å². The Hall–Kier alpha value is -2.73. The molecule has 1 amide bonds. The molecule has 1 fully saturated rings. The molecule has 2 aromatic carbocycles. The first-order chi connectivity index (χ1) is 13.4. The lowest BCUT2D eigenvalue weighted by Gasteiger charge is -2.33. The van der Waals surface area contributed by atoms with Crippen LogP contribution in [-0.2, 0) is 10.0 Å². The number of carbonyl (C=O) groups excluding carboxylic acids is 1. The zero-order valence-electron chi connectivity index (χ0n) is 15.6. The van der Waals surface area contributed by atoms with Gasteiger partial charge in [-0.1, -0.05) is 13.0 Å². The van der Waals surface area contributed by atoms with Gasteiger partial charge in [0, 0.05) is 37.4 Å². The molecule has 0 aliphatic carbocycles. The lowest BCUT2D eigenvalue weighted by atomic mass is 10.2. The highest BCUT2D eigenvalue weighted by atomic mass is 32.2. The molecule has 0 bridgehead atoms. The molecule has 1 aliphatic heterocycles. The van der Waals surface area contributed by atoms with Gasteiger partial charge in [0.25, 0.3) is 5.91 Å². The number of nitriles is 1. The van der Waals surface area contributed by atoms with Gasteiger partial charge in [0.1, 0.15) is 0 Å². The molecule has 0 saturated carbocycles. The molecule has 1 heterocycles. The fraction of sp³-hybridized carbons (Fsp3) is 0.300. The van der Waals surface area contributed by atoms with Crippen molar-refractivity contribution in [1.82, 2.24) is 9.21 Å². The Morgan fingerprint density at radius 1 is 1.11 bits per heavy atom. The second-order valence-electron chi connectivity index (χ2n) is 6.51. The maximum Gasteiger partial charge on any atom is 0.255 e. The third-order valence-electron chi connectivity index (χ3n) is 4.78. The molecule has 146 valence electrons. The van der Waals surface area contributed by atoms with Crippen LogP contribution in [0.1, 0.15) is 22.8 Å². The van der Waals surface area contributed by atoms with Gasteiger partial charge in [-0.2, -0.15) is 9.57 Å². The molecular weight excluding hydrogens is 376 g/mol. The Morgan fingerprint density at radius 3 is 2.39 bits per heavy atom. The van der Waals surface area contributed by atoms with Crippen molar-refractivity contribution < 1.29 is 13.2 Å². The zero-order valence-corrected chi connectivity index (χ0v) is 16.4. The first-order valence-corrected chi connectivity index (χ1v) is 10.5. The van der Waals surface area contributed by atoms with Gasteiger partial charge in [-0.25, -0.2) is 8.42 Å². The second kappa shape index (κ2) is 8.52. The molecule has 3 rings (SSSR count). The van der Waals surface area contributed by atoms with E-state index in [1.54, 1.807) is 24.3 Å². The van der Waals surface area contributed by atoms with Crippen LogP contribution in [0.25, 0.3) is 0 Å². The van der Waals surface area contributed by atoms with Crippen molar-refractivity contribution in [1.29, 1.82) is 5.26 Å². The van der Waals surface area contributed by atoms with Gasteiger partial charge < -0.3 is 10.2 Å². The summed E-state index contributed by atoms with van der Waals surface area (Å²) in [4.78, 5) is 14.8. The van der Waals surface area contributed by atoms with Crippen LogP contribution in [0.3, 0.4) is 0 Å². The Labute approximate surface area is 165 Å². The van der Waals surface area contributed by atoms with E-state index in [1.165, 1.54) is 28.6 Å². The van der Waals surface area contributed by atoms with Crippen LogP contribution in [0.4, 0.5) is 5.69 Å². The lowest BCUT2D eigenvalue weighted by Crippen LogP contribution is -2.48. The quantitative estimate of drug-likeness (QED) is 0.833. The van der Waals surface area contributed by atoms with Crippen LogP contribution >= 0.6 is 0 Å². The van der Waals surface area contributed by atoms with Gasteiger partial charge in [-0.05, 0) is 49.0 Å². The number of nitrogens with one attached hydrogen (secondary N) is 1. The smallest absolute Gasteiger partial charge is 0.255 e. The first kappa shape index (κ1) is 20.0. The van der Waals surface area contributed by atoms with Crippen LogP contribution < -0.4 is 5.32 Å². The predicted octanol–water partition coefficient (Wildman–Crippen LogP) is 2.14. The van der Waals surface area contributed by atoms with Crippen molar-refractivity contribution in [2.45, 2.75) is 11.8 Å². The molecule has 2 aromatic rings. The number of hydrogen-bond acceptors (Lipinski definition) is 5. The standard InChI is InChI=1S/C20H22N4O3S/c1-2-23-10-12-24(13-11-23)28(26,27)19-8-6-17(7-9-19)20(25)22-18-5-3-4-16(14-18)15-21/h3-9,14H,2,10-13H2,1H3,(H,22,25). The Balaban J connectivity index is 1.70. The summed E-state index contributed by atoms with van der Waals surface area (Å²) < 4.78 is 27.1. The molecule has 0 aromatic heterocycles. The summed E-state index contributed by atoms with van der Waals surface area (Å²) in [6.07, 6.45) is 0. The minimum atomic E-state index is -3.57. The van der Waals surface area contributed by atoms with Crippen LogP contribution in [0.5, 0.6) is 0 Å². The molecule has 0 spiro atoms. The molecule has 1 N–H and O–H groups in total. The molecule has 1 saturated heterocycles. The summed E-state index contributed by atoms with van der Waals surface area (Å²) in [6, 6.07) is 14.5. The molecule has 7 nitrogen and oxygen atoms in total. The van der Waals surface area contributed by atoms with E-state index >= 15 is 0 Å². The minimum Gasteiger partial charge on any atom is -0.322 e. The van der Waals surface area contributed by atoms with Gasteiger partial charge in [0.15, 0.2) is 0 Å². The molecule has 0 unspecified atom stereocenters. The normalized spacial score (nSPS) is 15.7. The maximum atomic E-state index is 12.8. The predicted molar refractivity (Wildman–Crippen MR) is 106 cm³/mol. The highest BCUT2D eigenvalue weighted by Gasteiger charge is 2.28. The molecule has 0 atom stereocenters. The van der Waals surface area contributed by atoms with E-state index in [0.29, 0.717) is 29.9 Å². The topological polar surface area (TPSA) is 93.5 Å². The summed E-state index contributed by atoms with van der Waals surface area (Å²) in [5.41, 5.74) is 1.30. The van der Waals surface area contributed by atoms with Crippen molar-refractivity contribution in [2.24, 2.45) is 0 Å². The summed E-state index contributed by atoms with van der Waals surface area (Å²) in [5.74, 6) is -0.365. The van der Waals surface area contributed by atoms with Gasteiger partial charge in [-0.3, -0.25) is 4.79 Å². The zero-order chi connectivity index (χ0) is 20.1. The number of rotatable bonds is 5. The van der Waals surface area contributed by atoms with Gasteiger partial charge >= 0.3 is 0 Å². The van der Waals surface area contributed by atoms with E-state index in [4.69, 9.17) is 5.26 Å². The number of benzene rings is 2. The van der Waals surface area contributed by atoms with Gasteiger partial charge in [0.2, 0.25) is 10.0 Å². The highest BCUT2D eigenvalue weighted by molar-refractivity contribution is 7.89. The third-order valence-corrected chi connectivity index (χ3v) is 6.70. The third kappa shape index (κ3) is 4.39. The Kier molecular flexibility index (Phi) is 6.09. The van der Waals surface area contributed by atoms with Crippen molar-refractivity contribution in [3.63, 3.8) is 0 Å². The van der Waals surface area contributed by atoms with E-state index in [-0.39, 0.29) is 10.8 Å². The largest absolute Gasteiger partial charge is 0.322 e. The van der Waals surface area contributed by atoms with Crippen molar-refractivity contribution >= 4 is 21.6 Å². The number of anilines is 1. The summed E-state index contributed by atoms with van der Waals surface area (Å²) in [5, 5.41) is 11.6. The number of carbonyl (C=O) groups is 1. The van der Waals surface area contributed by atoms with Gasteiger partial charge in [0.05, 0.1) is 16.5 Å². The molecule has 0 radical (unpaired) electrons. The summed E-state index contributed by atoms with van der Waals surface area (Å²) in [6.45, 7) is 5.34. The average molecular weight is 398 g/mol. The Bertz CT molecular complexity index is 989. The van der Waals surface area contributed by atoms with Crippen LogP contribution in [0.2, 0.25) is 0 Å². The van der Waals surface area contributed by atoms with Crippen molar-refractivity contribution in [2.75, 3.05) is 38.0 Å². The summed E-state index contributed by atoms with van der Waals surface area (Å²) >= 11 is 0. The minimum absolute atomic E-state index is 0.181. The first-order valence-electron chi connectivity index (χ1n) is 9.08. The fourth-order valence-electron chi connectivity index (χ4n) is 3.08. The number of piperazine rings is 1. The molecule has 28 heavy (non-hydrogen) atoms. The molecular formula is C20H22N4O3S. The van der Waals surface area contributed by atoms with Crippen LogP contribution in [-0.4, -0.2) is 56.3 Å². The van der Waals surface area contributed by atoms with Crippen LogP contribution in [0, 0.1) is 11.3 Å². The van der Waals surface area contributed by atoms with Crippen molar-refractivity contribution in [3.05, 3.63) is 59.7 Å². The van der Waals surface area contributed by atoms with E-state index in [1.807, 2.05) is 6.07 Å². The second-order valence-corrected chi connectivity index (χ2v) is 8.45. The molecule has 1 aliphatic rings. The summed E-state index contributed by atoms with van der Waals surface area (Å²) in [7, 11) is -3.57.